The molecular weight excluding hydrogens is 475 g/mol. The monoisotopic (exact) mass is 496 g/mol. The zero-order valence-corrected chi connectivity index (χ0v) is 18.0. The van der Waals surface area contributed by atoms with Crippen molar-refractivity contribution >= 4 is 51.3 Å². The molecule has 0 bridgehead atoms. The standard InChI is InChI=1S/C18H21IN6OS/c1-21-5-2-3-6-25-17-15(16(20)22-10-23-17)24-18(25)27-14-9-13-11(4-7-26-13)8-12(14)19/h8-10,21H,2-7H2,1H3,(H2,20,22,23). The number of nitrogens with one attached hydrogen (secondary N) is 1. The first-order valence-electron chi connectivity index (χ1n) is 8.91. The maximum absolute atomic E-state index is 6.04. The lowest BCUT2D eigenvalue weighted by atomic mass is 10.2. The second-order valence-corrected chi connectivity index (χ2v) is 8.55. The third kappa shape index (κ3) is 3.85. The third-order valence-corrected chi connectivity index (χ3v) is 6.84. The summed E-state index contributed by atoms with van der Waals surface area (Å²) in [5, 5.41) is 4.08. The van der Waals surface area contributed by atoms with Crippen molar-refractivity contribution in [2.75, 3.05) is 25.9 Å². The van der Waals surface area contributed by atoms with Crippen LogP contribution in [0.4, 0.5) is 5.82 Å². The Hall–Kier alpha value is -1.59. The van der Waals surface area contributed by atoms with Crippen molar-refractivity contribution in [2.45, 2.75) is 35.9 Å². The lowest BCUT2D eigenvalue weighted by molar-refractivity contribution is 0.356. The Labute approximate surface area is 175 Å². The van der Waals surface area contributed by atoms with Gasteiger partial charge in [0.05, 0.1) is 6.61 Å². The smallest absolute Gasteiger partial charge is 0.175 e. The Bertz CT molecular complexity index is 976. The molecule has 1 aliphatic rings. The van der Waals surface area contributed by atoms with Gasteiger partial charge < -0.3 is 20.4 Å². The molecule has 3 heterocycles. The summed E-state index contributed by atoms with van der Waals surface area (Å²) in [6, 6.07) is 4.33. The molecule has 1 aromatic carbocycles. The molecular formula is C18H21IN6OS. The Morgan fingerprint density at radius 1 is 1.33 bits per heavy atom. The van der Waals surface area contributed by atoms with Crippen LogP contribution in [0.25, 0.3) is 11.2 Å². The number of benzene rings is 1. The number of aryl methyl sites for hydroxylation is 1. The van der Waals surface area contributed by atoms with Crippen LogP contribution in [0.15, 0.2) is 28.5 Å². The van der Waals surface area contributed by atoms with Crippen LogP contribution in [0, 0.1) is 3.57 Å². The number of halogens is 1. The predicted octanol–water partition coefficient (Wildman–Crippen LogP) is 3.10. The second kappa shape index (κ2) is 8.19. The minimum atomic E-state index is 0.419. The van der Waals surface area contributed by atoms with E-state index >= 15 is 0 Å². The molecule has 0 saturated heterocycles. The zero-order valence-electron chi connectivity index (χ0n) is 15.0. The molecule has 4 rings (SSSR count). The largest absolute Gasteiger partial charge is 0.493 e. The molecule has 3 N–H and O–H groups in total. The molecule has 0 atom stereocenters. The summed E-state index contributed by atoms with van der Waals surface area (Å²) in [6.45, 7) is 2.59. The number of hydrogen-bond donors (Lipinski definition) is 2. The Balaban J connectivity index is 1.69. The number of fused-ring (bicyclic) bond motifs is 2. The van der Waals surface area contributed by atoms with Gasteiger partial charge in [0.1, 0.15) is 12.1 Å². The number of unbranched alkanes of at least 4 members (excludes halogenated alkanes) is 1. The molecule has 0 fully saturated rings. The quantitative estimate of drug-likeness (QED) is 0.384. The number of nitrogens with zero attached hydrogens (tertiary/aromatic N) is 4. The molecule has 0 saturated carbocycles. The minimum Gasteiger partial charge on any atom is -0.493 e. The molecule has 9 heteroatoms. The molecule has 142 valence electrons. The van der Waals surface area contributed by atoms with Gasteiger partial charge in [-0.2, -0.15) is 0 Å². The molecule has 2 aromatic heterocycles. The highest BCUT2D eigenvalue weighted by atomic mass is 127. The number of nitrogens with two attached hydrogens (primary N) is 1. The van der Waals surface area contributed by atoms with Crippen LogP contribution in [-0.4, -0.2) is 39.7 Å². The van der Waals surface area contributed by atoms with Gasteiger partial charge in [-0.05, 0) is 66.7 Å². The van der Waals surface area contributed by atoms with E-state index in [-0.39, 0.29) is 0 Å². The topological polar surface area (TPSA) is 90.9 Å². The van der Waals surface area contributed by atoms with Crippen LogP contribution < -0.4 is 15.8 Å². The lowest BCUT2D eigenvalue weighted by Crippen LogP contribution is -2.09. The van der Waals surface area contributed by atoms with E-state index in [4.69, 9.17) is 15.5 Å². The average molecular weight is 496 g/mol. The normalized spacial score (nSPS) is 13.1. The number of rotatable bonds is 7. The number of ether oxygens (including phenoxy) is 1. The highest BCUT2D eigenvalue weighted by Crippen LogP contribution is 2.38. The fraction of sp³-hybridized carbons (Fsp3) is 0.389. The first-order valence-corrected chi connectivity index (χ1v) is 10.8. The molecule has 3 aromatic rings. The van der Waals surface area contributed by atoms with Gasteiger partial charge in [-0.3, -0.25) is 0 Å². The summed E-state index contributed by atoms with van der Waals surface area (Å²) < 4.78 is 9.09. The summed E-state index contributed by atoms with van der Waals surface area (Å²) in [6.07, 6.45) is 4.61. The van der Waals surface area contributed by atoms with Crippen LogP contribution >= 0.6 is 34.4 Å². The van der Waals surface area contributed by atoms with Crippen molar-refractivity contribution < 1.29 is 4.74 Å². The predicted molar refractivity (Wildman–Crippen MR) is 115 cm³/mol. The SMILES string of the molecule is CNCCCCn1c(Sc2cc3c(cc2I)CCO3)nc2c(N)ncnc21. The fourth-order valence-electron chi connectivity index (χ4n) is 3.14. The van der Waals surface area contributed by atoms with E-state index in [9.17, 15) is 0 Å². The lowest BCUT2D eigenvalue weighted by Gasteiger charge is -2.10. The van der Waals surface area contributed by atoms with Crippen molar-refractivity contribution in [1.82, 2.24) is 24.8 Å². The average Bonchev–Trinajstić information content (AvgIpc) is 3.24. The van der Waals surface area contributed by atoms with E-state index in [0.29, 0.717) is 11.3 Å². The van der Waals surface area contributed by atoms with E-state index in [1.807, 2.05) is 7.05 Å². The van der Waals surface area contributed by atoms with Gasteiger partial charge in [-0.15, -0.1) is 0 Å². The van der Waals surface area contributed by atoms with Crippen molar-refractivity contribution in [1.29, 1.82) is 0 Å². The van der Waals surface area contributed by atoms with Gasteiger partial charge in [-0.25, -0.2) is 15.0 Å². The Kier molecular flexibility index (Phi) is 5.69. The maximum atomic E-state index is 6.04. The van der Waals surface area contributed by atoms with Crippen LogP contribution in [0.1, 0.15) is 18.4 Å². The van der Waals surface area contributed by atoms with Crippen molar-refractivity contribution in [3.05, 3.63) is 27.6 Å². The van der Waals surface area contributed by atoms with E-state index in [0.717, 1.165) is 60.4 Å². The van der Waals surface area contributed by atoms with Gasteiger partial charge in [0, 0.05) is 21.4 Å². The van der Waals surface area contributed by atoms with E-state index in [2.05, 4.69) is 54.6 Å². The van der Waals surface area contributed by atoms with Crippen LogP contribution in [0.3, 0.4) is 0 Å². The summed E-state index contributed by atoms with van der Waals surface area (Å²) in [4.78, 5) is 14.4. The molecule has 0 amide bonds. The zero-order chi connectivity index (χ0) is 18.8. The van der Waals surface area contributed by atoms with Crippen molar-refractivity contribution in [3.63, 3.8) is 0 Å². The van der Waals surface area contributed by atoms with Gasteiger partial charge in [0.15, 0.2) is 22.1 Å². The molecule has 0 aliphatic carbocycles. The number of aromatic nitrogens is 4. The number of anilines is 1. The van der Waals surface area contributed by atoms with Gasteiger partial charge in [0.25, 0.3) is 0 Å². The van der Waals surface area contributed by atoms with Crippen LogP contribution in [0.5, 0.6) is 5.75 Å². The highest BCUT2D eigenvalue weighted by Gasteiger charge is 2.19. The van der Waals surface area contributed by atoms with Crippen LogP contribution in [0.2, 0.25) is 0 Å². The molecule has 0 spiro atoms. The van der Waals surface area contributed by atoms with Gasteiger partial charge in [0.2, 0.25) is 0 Å². The molecule has 27 heavy (non-hydrogen) atoms. The van der Waals surface area contributed by atoms with E-state index in [1.54, 1.807) is 11.8 Å². The molecule has 1 aliphatic heterocycles. The summed E-state index contributed by atoms with van der Waals surface area (Å²) in [5.41, 5.74) is 8.78. The third-order valence-electron chi connectivity index (χ3n) is 4.53. The van der Waals surface area contributed by atoms with Gasteiger partial charge >= 0.3 is 0 Å². The molecule has 0 radical (unpaired) electrons. The number of nitrogen functional groups attached to an aromatic ring is 1. The summed E-state index contributed by atoms with van der Waals surface area (Å²) >= 11 is 4.01. The number of imidazole rings is 1. The van der Waals surface area contributed by atoms with Crippen molar-refractivity contribution in [3.8, 4) is 5.75 Å². The van der Waals surface area contributed by atoms with E-state index in [1.165, 1.54) is 15.5 Å². The highest BCUT2D eigenvalue weighted by molar-refractivity contribution is 14.1. The molecule has 7 nitrogen and oxygen atoms in total. The van der Waals surface area contributed by atoms with Crippen LogP contribution in [-0.2, 0) is 13.0 Å². The number of hydrogen-bond acceptors (Lipinski definition) is 7. The first kappa shape index (κ1) is 18.8. The maximum Gasteiger partial charge on any atom is 0.175 e. The summed E-state index contributed by atoms with van der Waals surface area (Å²) in [5.74, 6) is 1.40. The molecule has 0 unspecified atom stereocenters. The van der Waals surface area contributed by atoms with E-state index < -0.39 is 0 Å². The Morgan fingerprint density at radius 3 is 3.07 bits per heavy atom. The minimum absolute atomic E-state index is 0.419. The summed E-state index contributed by atoms with van der Waals surface area (Å²) in [7, 11) is 1.97. The fourth-order valence-corrected chi connectivity index (χ4v) is 4.94. The first-order chi connectivity index (χ1) is 13.2. The Morgan fingerprint density at radius 2 is 2.22 bits per heavy atom. The second-order valence-electron chi connectivity index (χ2n) is 6.38. The van der Waals surface area contributed by atoms with Crippen molar-refractivity contribution in [2.24, 2.45) is 0 Å². The van der Waals surface area contributed by atoms with Gasteiger partial charge in [-0.1, -0.05) is 11.8 Å².